The van der Waals surface area contributed by atoms with Crippen LogP contribution in [0.5, 0.6) is 0 Å². The molecule has 13 nitrogen and oxygen atoms in total. The molecule has 0 aromatic heterocycles. The first-order chi connectivity index (χ1) is 14.4. The first-order valence-corrected chi connectivity index (χ1v) is 10.3. The zero-order valence-corrected chi connectivity index (χ0v) is 18.2. The van der Waals surface area contributed by atoms with Crippen LogP contribution in [0.2, 0.25) is 0 Å². The van der Waals surface area contributed by atoms with Gasteiger partial charge in [-0.05, 0) is 12.8 Å². The molecule has 0 aliphatic carbocycles. The molecule has 15 heteroatoms. The second-order valence-electron chi connectivity index (χ2n) is 6.43. The SMILES string of the molecule is NC(=O)CCC(N)C(=O)NC(CS)C(=O)NC(CS)C(=O)NC(CCC(=O)O)C(=O)O. The van der Waals surface area contributed by atoms with Crippen LogP contribution in [0.15, 0.2) is 0 Å². The first kappa shape index (κ1) is 28.5. The molecule has 31 heavy (non-hydrogen) atoms. The molecule has 4 atom stereocenters. The average molecular weight is 482 g/mol. The highest BCUT2D eigenvalue weighted by molar-refractivity contribution is 7.80. The topological polar surface area (TPSA) is 231 Å². The van der Waals surface area contributed by atoms with Crippen LogP contribution in [0.25, 0.3) is 0 Å². The van der Waals surface area contributed by atoms with E-state index in [-0.39, 0.29) is 30.8 Å². The molecule has 0 aliphatic heterocycles. The van der Waals surface area contributed by atoms with Crippen molar-refractivity contribution in [1.82, 2.24) is 16.0 Å². The molecule has 176 valence electrons. The van der Waals surface area contributed by atoms with Gasteiger partial charge < -0.3 is 37.6 Å². The fourth-order valence-electron chi connectivity index (χ4n) is 2.17. The Bertz CT molecular complexity index is 693. The van der Waals surface area contributed by atoms with E-state index in [2.05, 4.69) is 41.2 Å². The Morgan fingerprint density at radius 2 is 1.19 bits per heavy atom. The van der Waals surface area contributed by atoms with Crippen LogP contribution < -0.4 is 27.4 Å². The number of hydrogen-bond donors (Lipinski definition) is 9. The lowest BCUT2D eigenvalue weighted by Gasteiger charge is -2.23. The van der Waals surface area contributed by atoms with Gasteiger partial charge in [-0.1, -0.05) is 0 Å². The molecule has 4 amide bonds. The lowest BCUT2D eigenvalue weighted by Crippen LogP contribution is -2.58. The number of amides is 4. The third kappa shape index (κ3) is 11.4. The molecule has 9 N–H and O–H groups in total. The van der Waals surface area contributed by atoms with Crippen molar-refractivity contribution in [3.05, 3.63) is 0 Å². The Hall–Kier alpha value is -2.52. The number of thiol groups is 2. The Morgan fingerprint density at radius 3 is 1.58 bits per heavy atom. The fourth-order valence-corrected chi connectivity index (χ4v) is 2.68. The van der Waals surface area contributed by atoms with Gasteiger partial charge in [0.05, 0.1) is 6.04 Å². The Morgan fingerprint density at radius 1 is 0.742 bits per heavy atom. The van der Waals surface area contributed by atoms with Crippen molar-refractivity contribution in [2.75, 3.05) is 11.5 Å². The predicted molar refractivity (Wildman–Crippen MR) is 114 cm³/mol. The molecule has 0 spiro atoms. The second-order valence-corrected chi connectivity index (χ2v) is 7.16. The fraction of sp³-hybridized carbons (Fsp3) is 0.625. The zero-order valence-electron chi connectivity index (χ0n) is 16.4. The van der Waals surface area contributed by atoms with Crippen LogP contribution in [-0.4, -0.2) is 81.5 Å². The van der Waals surface area contributed by atoms with Gasteiger partial charge in [-0.2, -0.15) is 25.3 Å². The molecule has 0 saturated heterocycles. The van der Waals surface area contributed by atoms with Gasteiger partial charge in [0.15, 0.2) is 0 Å². The summed E-state index contributed by atoms with van der Waals surface area (Å²) in [6, 6.07) is -5.04. The number of carboxylic acid groups (broad SMARTS) is 2. The molecule has 0 radical (unpaired) electrons. The number of carbonyl (C=O) groups excluding carboxylic acids is 4. The Kier molecular flexibility index (Phi) is 13.3. The van der Waals surface area contributed by atoms with Crippen molar-refractivity contribution in [2.24, 2.45) is 11.5 Å². The summed E-state index contributed by atoms with van der Waals surface area (Å²) in [7, 11) is 0. The molecule has 0 saturated carbocycles. The monoisotopic (exact) mass is 481 g/mol. The van der Waals surface area contributed by atoms with Crippen molar-refractivity contribution >= 4 is 60.8 Å². The number of nitrogens with one attached hydrogen (secondary N) is 3. The van der Waals surface area contributed by atoms with Gasteiger partial charge in [0.2, 0.25) is 23.6 Å². The largest absolute Gasteiger partial charge is 0.481 e. The van der Waals surface area contributed by atoms with Gasteiger partial charge in [-0.15, -0.1) is 0 Å². The minimum Gasteiger partial charge on any atom is -0.481 e. The van der Waals surface area contributed by atoms with Crippen LogP contribution in [0.3, 0.4) is 0 Å². The normalized spacial score (nSPS) is 14.4. The van der Waals surface area contributed by atoms with E-state index in [0.29, 0.717) is 0 Å². The molecule has 0 fully saturated rings. The van der Waals surface area contributed by atoms with Gasteiger partial charge >= 0.3 is 11.9 Å². The van der Waals surface area contributed by atoms with E-state index < -0.39 is 66.2 Å². The molecular formula is C16H27N5O8S2. The summed E-state index contributed by atoms with van der Waals surface area (Å²) >= 11 is 7.92. The van der Waals surface area contributed by atoms with Crippen LogP contribution in [0, 0.1) is 0 Å². The summed E-state index contributed by atoms with van der Waals surface area (Å²) < 4.78 is 0. The number of aliphatic carboxylic acids is 2. The van der Waals surface area contributed by atoms with Crippen LogP contribution >= 0.6 is 25.3 Å². The van der Waals surface area contributed by atoms with E-state index in [1.807, 2.05) is 0 Å². The maximum atomic E-state index is 12.4. The van der Waals surface area contributed by atoms with Crippen molar-refractivity contribution in [1.29, 1.82) is 0 Å². The summed E-state index contributed by atoms with van der Waals surface area (Å²) in [5, 5.41) is 24.5. The van der Waals surface area contributed by atoms with Gasteiger partial charge in [-0.3, -0.25) is 24.0 Å². The first-order valence-electron chi connectivity index (χ1n) is 9.04. The van der Waals surface area contributed by atoms with Gasteiger partial charge in [0, 0.05) is 24.3 Å². The molecule has 0 aliphatic rings. The van der Waals surface area contributed by atoms with Crippen LogP contribution in [-0.2, 0) is 28.8 Å². The third-order valence-electron chi connectivity index (χ3n) is 3.93. The number of carbonyl (C=O) groups is 6. The molecular weight excluding hydrogens is 454 g/mol. The number of nitrogens with two attached hydrogens (primary N) is 2. The third-order valence-corrected chi connectivity index (χ3v) is 4.66. The number of rotatable bonds is 15. The molecule has 0 aromatic carbocycles. The highest BCUT2D eigenvalue weighted by atomic mass is 32.1. The van der Waals surface area contributed by atoms with E-state index in [1.165, 1.54) is 0 Å². The number of carboxylic acids is 2. The van der Waals surface area contributed by atoms with E-state index in [9.17, 15) is 28.8 Å². The summed E-state index contributed by atoms with van der Waals surface area (Å²) in [6.07, 6.45) is -1.00. The van der Waals surface area contributed by atoms with E-state index in [4.69, 9.17) is 21.7 Å². The summed E-state index contributed by atoms with van der Waals surface area (Å²) in [5.41, 5.74) is 10.6. The average Bonchev–Trinajstić information content (AvgIpc) is 2.70. The maximum Gasteiger partial charge on any atom is 0.326 e. The van der Waals surface area contributed by atoms with Gasteiger partial charge in [-0.25, -0.2) is 4.79 Å². The molecule has 0 rings (SSSR count). The van der Waals surface area contributed by atoms with E-state index in [1.54, 1.807) is 0 Å². The summed E-state index contributed by atoms with van der Waals surface area (Å²) in [4.78, 5) is 69.4. The zero-order chi connectivity index (χ0) is 24.1. The van der Waals surface area contributed by atoms with Gasteiger partial charge in [0.1, 0.15) is 18.1 Å². The second kappa shape index (κ2) is 14.5. The highest BCUT2D eigenvalue weighted by Crippen LogP contribution is 2.01. The Balaban J connectivity index is 4.97. The number of primary amides is 1. The van der Waals surface area contributed by atoms with E-state index >= 15 is 0 Å². The van der Waals surface area contributed by atoms with Crippen LogP contribution in [0.1, 0.15) is 25.7 Å². The quantitative estimate of drug-likeness (QED) is 0.107. The Labute approximate surface area is 188 Å². The number of hydrogen-bond acceptors (Lipinski definition) is 9. The standard InChI is InChI=1S/C16H27N5O8S2/c17-7(1-3-11(18)22)13(25)20-9(5-30)15(27)21-10(6-31)14(26)19-8(16(28)29)2-4-12(23)24/h7-10,30-31H,1-6,17H2,(H2,18,22)(H,19,26)(H,20,25)(H,21,27)(H,23,24)(H,28,29). The van der Waals surface area contributed by atoms with Crippen molar-refractivity contribution < 1.29 is 39.0 Å². The minimum atomic E-state index is -1.48. The highest BCUT2D eigenvalue weighted by Gasteiger charge is 2.29. The predicted octanol–water partition coefficient (Wildman–Crippen LogP) is -3.16. The maximum absolute atomic E-state index is 12.4. The lowest BCUT2D eigenvalue weighted by molar-refractivity contribution is -0.143. The van der Waals surface area contributed by atoms with Crippen LogP contribution in [0.4, 0.5) is 0 Å². The summed E-state index contributed by atoms with van der Waals surface area (Å²) in [6.45, 7) is 0. The minimum absolute atomic E-state index is 0.0311. The smallest absolute Gasteiger partial charge is 0.326 e. The van der Waals surface area contributed by atoms with Crippen molar-refractivity contribution in [2.45, 2.75) is 49.9 Å². The molecule has 4 unspecified atom stereocenters. The van der Waals surface area contributed by atoms with Crippen molar-refractivity contribution in [3.8, 4) is 0 Å². The van der Waals surface area contributed by atoms with Crippen molar-refractivity contribution in [3.63, 3.8) is 0 Å². The molecule has 0 aromatic rings. The lowest BCUT2D eigenvalue weighted by atomic mass is 10.1. The molecule has 0 heterocycles. The molecule has 0 bridgehead atoms. The van der Waals surface area contributed by atoms with E-state index in [0.717, 1.165) is 0 Å². The van der Waals surface area contributed by atoms with Gasteiger partial charge in [0.25, 0.3) is 0 Å². The summed E-state index contributed by atoms with van der Waals surface area (Å²) in [5.74, 6) is -6.13.